The van der Waals surface area contributed by atoms with Crippen LogP contribution in [0.15, 0.2) is 12.2 Å². The van der Waals surface area contributed by atoms with E-state index < -0.39 is 156 Å². The predicted molar refractivity (Wildman–Crippen MR) is 384 cm³/mol. The molecule has 3 rings (SSSR count). The molecule has 18 atom stereocenters. The van der Waals surface area contributed by atoms with E-state index in [1.807, 2.05) is 0 Å². The van der Waals surface area contributed by atoms with E-state index in [0.29, 0.717) is 19.3 Å². The molecular formula is C76H141O24P. The number of phosphoric ester groups is 1. The third-order valence-electron chi connectivity index (χ3n) is 19.8. The van der Waals surface area contributed by atoms with Crippen molar-refractivity contribution in [2.24, 2.45) is 0 Å². The average molecular weight is 1470 g/mol. The third-order valence-corrected chi connectivity index (χ3v) is 20.8. The Morgan fingerprint density at radius 2 is 0.693 bits per heavy atom. The molecule has 0 aromatic rings. The summed E-state index contributed by atoms with van der Waals surface area (Å²) in [4.78, 5) is 51.1. The van der Waals surface area contributed by atoms with Crippen LogP contribution in [0, 0.1) is 0 Å². The van der Waals surface area contributed by atoms with E-state index >= 15 is 0 Å². The van der Waals surface area contributed by atoms with Crippen LogP contribution in [0.4, 0.5) is 0 Å². The number of hydrogen-bond donors (Lipinski definition) is 11. The highest BCUT2D eigenvalue weighted by Crippen LogP contribution is 2.49. The Morgan fingerprint density at radius 1 is 0.376 bits per heavy atom. The molecule has 0 bridgehead atoms. The molecule has 0 aromatic carbocycles. The quantitative estimate of drug-likeness (QED) is 0.00886. The van der Waals surface area contributed by atoms with Gasteiger partial charge in [0.05, 0.1) is 13.2 Å². The molecule has 0 spiro atoms. The van der Waals surface area contributed by atoms with Crippen molar-refractivity contribution in [3.63, 3.8) is 0 Å². The first-order valence-electron chi connectivity index (χ1n) is 40.0. The Hall–Kier alpha value is -2.30. The van der Waals surface area contributed by atoms with Gasteiger partial charge < -0.3 is 89.1 Å². The van der Waals surface area contributed by atoms with Crippen molar-refractivity contribution < 1.29 is 117 Å². The molecule has 3 fully saturated rings. The van der Waals surface area contributed by atoms with Crippen LogP contribution in [0.2, 0.25) is 0 Å². The summed E-state index contributed by atoms with van der Waals surface area (Å²) in [6, 6.07) is 0. The van der Waals surface area contributed by atoms with Crippen molar-refractivity contribution in [1.29, 1.82) is 0 Å². The zero-order chi connectivity index (χ0) is 73.9. The Bertz CT molecular complexity index is 2130. The largest absolute Gasteiger partial charge is 0.472 e. The van der Waals surface area contributed by atoms with Gasteiger partial charge in [-0.1, -0.05) is 270 Å². The second-order valence-electron chi connectivity index (χ2n) is 28.8. The van der Waals surface area contributed by atoms with Gasteiger partial charge in [0.1, 0.15) is 98.7 Å². The van der Waals surface area contributed by atoms with Gasteiger partial charge in [-0.25, -0.2) is 4.57 Å². The van der Waals surface area contributed by atoms with Crippen molar-refractivity contribution in [3.8, 4) is 0 Å². The fraction of sp³-hybridized carbons (Fsp3) is 0.934. The summed E-state index contributed by atoms with van der Waals surface area (Å²) >= 11 is 0. The Balaban J connectivity index is 1.70. The minimum atomic E-state index is -5.70. The zero-order valence-electron chi connectivity index (χ0n) is 62.2. The average Bonchev–Trinajstić information content (AvgIpc) is 0.762. The minimum absolute atomic E-state index is 0.0330. The SMILES string of the molecule is CCCCCC/C=C\CCCCCCCCCC(=O)OC(COC(=O)CCCCCCCCCCCCCCCC)COP(=O)(O)OC1C(OC2OC(CO)C(O)C(O)C2O)C(O)C(O)C(O)C1OC1OC(COC(=O)CCCCCCCCCCCCCCCCCCC)C(O)C(O)C1O. The van der Waals surface area contributed by atoms with Crippen LogP contribution in [0.1, 0.15) is 323 Å². The number of esters is 3. The van der Waals surface area contributed by atoms with Crippen LogP contribution in [-0.4, -0.2) is 204 Å². The predicted octanol–water partition coefficient (Wildman–Crippen LogP) is 11.9. The third kappa shape index (κ3) is 40.5. The van der Waals surface area contributed by atoms with Crippen molar-refractivity contribution in [1.82, 2.24) is 0 Å². The molecule has 25 heteroatoms. The van der Waals surface area contributed by atoms with Gasteiger partial charge in [-0.05, 0) is 44.9 Å². The van der Waals surface area contributed by atoms with Crippen LogP contribution in [0.3, 0.4) is 0 Å². The normalized spacial score (nSPS) is 27.2. The lowest BCUT2D eigenvalue weighted by molar-refractivity contribution is -0.360. The lowest BCUT2D eigenvalue weighted by atomic mass is 9.84. The van der Waals surface area contributed by atoms with E-state index in [2.05, 4.69) is 32.9 Å². The lowest BCUT2D eigenvalue weighted by Gasteiger charge is -2.49. The summed E-state index contributed by atoms with van der Waals surface area (Å²) in [6.45, 7) is 3.47. The minimum Gasteiger partial charge on any atom is -0.463 e. The molecule has 24 nitrogen and oxygen atoms in total. The Kier molecular flexibility index (Phi) is 53.2. The fourth-order valence-electron chi connectivity index (χ4n) is 13.3. The molecule has 2 heterocycles. The number of rotatable bonds is 63. The van der Waals surface area contributed by atoms with Crippen molar-refractivity contribution >= 4 is 25.7 Å². The number of carbonyl (C=O) groups is 3. The number of aliphatic hydroxyl groups is 10. The van der Waals surface area contributed by atoms with Crippen LogP contribution < -0.4 is 0 Å². The Labute approximate surface area is 605 Å². The second kappa shape index (κ2) is 57.8. The molecule has 1 aliphatic carbocycles. The number of allylic oxidation sites excluding steroid dienone is 2. The summed E-state index contributed by atoms with van der Waals surface area (Å²) in [7, 11) is -5.70. The second-order valence-corrected chi connectivity index (χ2v) is 30.2. The topological polar surface area (TPSA) is 374 Å². The standard InChI is InChI=1S/C76H141O24P/c1-4-7-10-13-16-19-22-25-28-29-31-33-36-39-42-45-48-51-61(79)93-56-59-64(82)66(84)71(89)76(97-59)99-73-69(87)67(85)68(86)72(98-75-70(88)65(83)63(81)58(53-77)96-75)74(73)100-101(90,91)94-55-57(54-92-60(78)50-47-44-41-38-35-32-27-24-21-18-15-12-9-6-3)95-62(80)52-49-46-43-40-37-34-30-26-23-20-17-14-11-8-5-2/h20,23,57-59,63-77,81-89H,4-19,21-22,24-56H2,1-3H3,(H,90,91)/b23-20-. The van der Waals surface area contributed by atoms with Gasteiger partial charge in [-0.2, -0.15) is 0 Å². The van der Waals surface area contributed by atoms with E-state index in [9.17, 15) is 74.9 Å². The van der Waals surface area contributed by atoms with E-state index in [1.165, 1.54) is 154 Å². The van der Waals surface area contributed by atoms with Crippen molar-refractivity contribution in [2.75, 3.05) is 26.4 Å². The van der Waals surface area contributed by atoms with Gasteiger partial charge in [0, 0.05) is 19.3 Å². The molecule has 3 aliphatic rings. The highest BCUT2D eigenvalue weighted by Gasteiger charge is 2.58. The lowest BCUT2D eigenvalue weighted by Crippen LogP contribution is -2.69. The molecule has 1 saturated carbocycles. The smallest absolute Gasteiger partial charge is 0.463 e. The highest BCUT2D eigenvalue weighted by atomic mass is 31.2. The molecular weight excluding hydrogens is 1330 g/mol. The molecule has 101 heavy (non-hydrogen) atoms. The van der Waals surface area contributed by atoms with Crippen LogP contribution in [-0.2, 0) is 61.2 Å². The summed E-state index contributed by atoms with van der Waals surface area (Å²) in [5, 5.41) is 110. The van der Waals surface area contributed by atoms with E-state index in [4.69, 9.17) is 42.2 Å². The fourth-order valence-corrected chi connectivity index (χ4v) is 14.2. The highest BCUT2D eigenvalue weighted by molar-refractivity contribution is 7.47. The first kappa shape index (κ1) is 92.9. The van der Waals surface area contributed by atoms with Gasteiger partial charge in [0.25, 0.3) is 0 Å². The molecule has 18 unspecified atom stereocenters. The van der Waals surface area contributed by atoms with Crippen molar-refractivity contribution in [3.05, 3.63) is 12.2 Å². The van der Waals surface area contributed by atoms with Crippen LogP contribution in [0.5, 0.6) is 0 Å². The number of hydrogen-bond acceptors (Lipinski definition) is 23. The molecule has 0 radical (unpaired) electrons. The number of phosphoric acid groups is 1. The zero-order valence-corrected chi connectivity index (χ0v) is 63.1. The number of unbranched alkanes of at least 4 members (excludes halogenated alkanes) is 40. The molecule has 0 amide bonds. The maximum Gasteiger partial charge on any atom is 0.472 e. The molecule has 2 saturated heterocycles. The number of carbonyl (C=O) groups excluding carboxylic acids is 3. The maximum absolute atomic E-state index is 14.4. The molecule has 11 N–H and O–H groups in total. The molecule has 0 aromatic heterocycles. The van der Waals surface area contributed by atoms with E-state index in [0.717, 1.165) is 109 Å². The number of ether oxygens (including phenoxy) is 7. The first-order valence-corrected chi connectivity index (χ1v) is 41.5. The van der Waals surface area contributed by atoms with Crippen LogP contribution in [0.25, 0.3) is 0 Å². The van der Waals surface area contributed by atoms with Gasteiger partial charge in [0.15, 0.2) is 18.7 Å². The summed E-state index contributed by atoms with van der Waals surface area (Å²) in [5.74, 6) is -1.98. The number of aliphatic hydroxyl groups excluding tert-OH is 10. The van der Waals surface area contributed by atoms with Crippen molar-refractivity contribution in [2.45, 2.75) is 427 Å². The maximum atomic E-state index is 14.4. The Morgan fingerprint density at radius 3 is 1.08 bits per heavy atom. The van der Waals surface area contributed by atoms with Gasteiger partial charge in [-0.3, -0.25) is 23.4 Å². The van der Waals surface area contributed by atoms with E-state index in [1.54, 1.807) is 0 Å². The summed E-state index contributed by atoms with van der Waals surface area (Å²) in [5.41, 5.74) is 0. The molecule has 2 aliphatic heterocycles. The summed E-state index contributed by atoms with van der Waals surface area (Å²) < 4.78 is 65.2. The first-order chi connectivity index (χ1) is 48.8. The van der Waals surface area contributed by atoms with Gasteiger partial charge in [0.2, 0.25) is 0 Å². The van der Waals surface area contributed by atoms with Gasteiger partial charge >= 0.3 is 25.7 Å². The monoisotopic (exact) mass is 1470 g/mol. The molecule has 594 valence electrons. The van der Waals surface area contributed by atoms with Crippen LogP contribution >= 0.6 is 7.82 Å². The van der Waals surface area contributed by atoms with Gasteiger partial charge in [-0.15, -0.1) is 0 Å². The van der Waals surface area contributed by atoms with E-state index in [-0.39, 0.29) is 19.3 Å². The summed E-state index contributed by atoms with van der Waals surface area (Å²) in [6.07, 6.45) is 18.2.